The van der Waals surface area contributed by atoms with Gasteiger partial charge in [-0.05, 0) is 30.5 Å². The van der Waals surface area contributed by atoms with Gasteiger partial charge in [0.1, 0.15) is 0 Å². The summed E-state index contributed by atoms with van der Waals surface area (Å²) in [4.78, 5) is 2.97. The second-order valence-electron chi connectivity index (χ2n) is 3.09. The molecular formula is C11H14N2. The monoisotopic (exact) mass is 174 g/mol. The number of rotatable bonds is 4. The first-order chi connectivity index (χ1) is 6.36. The summed E-state index contributed by atoms with van der Waals surface area (Å²) in [6.07, 6.45) is 5.02. The first-order valence-corrected chi connectivity index (χ1v) is 4.63. The fraction of sp³-hybridized carbons (Fsp3) is 0.364. The number of benzene rings is 1. The van der Waals surface area contributed by atoms with Crippen molar-refractivity contribution in [3.05, 3.63) is 40.9 Å². The van der Waals surface area contributed by atoms with E-state index in [2.05, 4.69) is 23.8 Å². The summed E-state index contributed by atoms with van der Waals surface area (Å²) in [5, 5.41) is 0. The molecule has 2 heteroatoms. The minimum atomic E-state index is 0.933. The SMILES string of the molecule is CCCCc1ccc(C=[N+]=[N-])cc1. The smallest absolute Gasteiger partial charge is 0.287 e. The van der Waals surface area contributed by atoms with Crippen molar-refractivity contribution in [1.82, 2.24) is 0 Å². The molecule has 0 unspecified atom stereocenters. The Morgan fingerprint density at radius 1 is 1.31 bits per heavy atom. The van der Waals surface area contributed by atoms with Crippen LogP contribution in [0.3, 0.4) is 0 Å². The van der Waals surface area contributed by atoms with E-state index in [1.165, 1.54) is 24.6 Å². The molecule has 0 N–H and O–H groups in total. The highest BCUT2D eigenvalue weighted by molar-refractivity contribution is 5.74. The zero-order chi connectivity index (χ0) is 9.52. The lowest BCUT2D eigenvalue weighted by Gasteiger charge is -1.98. The molecule has 0 aliphatic heterocycles. The molecule has 0 amide bonds. The molecule has 0 fully saturated rings. The molecule has 0 radical (unpaired) electrons. The van der Waals surface area contributed by atoms with Crippen LogP contribution in [-0.2, 0) is 6.42 Å². The van der Waals surface area contributed by atoms with Gasteiger partial charge in [0.25, 0.3) is 6.21 Å². The molecule has 68 valence electrons. The molecule has 2 nitrogen and oxygen atoms in total. The van der Waals surface area contributed by atoms with Crippen LogP contribution in [0.25, 0.3) is 5.53 Å². The molecule has 0 heterocycles. The normalized spacial score (nSPS) is 9.31. The minimum absolute atomic E-state index is 0.933. The summed E-state index contributed by atoms with van der Waals surface area (Å²) in [5.74, 6) is 0. The summed E-state index contributed by atoms with van der Waals surface area (Å²) in [5.41, 5.74) is 10.6. The van der Waals surface area contributed by atoms with E-state index in [1.807, 2.05) is 12.1 Å². The Morgan fingerprint density at radius 3 is 2.54 bits per heavy atom. The summed E-state index contributed by atoms with van der Waals surface area (Å²) in [6.45, 7) is 2.19. The Hall–Kier alpha value is -1.40. The molecule has 1 rings (SSSR count). The number of hydrogen-bond acceptors (Lipinski definition) is 0. The van der Waals surface area contributed by atoms with Crippen LogP contribution < -0.4 is 0 Å². The molecular weight excluding hydrogens is 160 g/mol. The first kappa shape index (κ1) is 9.69. The molecule has 0 aliphatic carbocycles. The van der Waals surface area contributed by atoms with Crippen LogP contribution in [0.15, 0.2) is 24.3 Å². The highest BCUT2D eigenvalue weighted by Crippen LogP contribution is 2.06. The number of hydrogen-bond donors (Lipinski definition) is 0. The van der Waals surface area contributed by atoms with Crippen molar-refractivity contribution < 1.29 is 4.79 Å². The number of nitrogens with zero attached hydrogens (tertiary/aromatic N) is 2. The molecule has 0 saturated heterocycles. The summed E-state index contributed by atoms with van der Waals surface area (Å²) >= 11 is 0. The van der Waals surface area contributed by atoms with Crippen molar-refractivity contribution in [2.75, 3.05) is 0 Å². The molecule has 0 bridgehead atoms. The van der Waals surface area contributed by atoms with Crippen molar-refractivity contribution in [3.8, 4) is 0 Å². The third kappa shape index (κ3) is 3.22. The van der Waals surface area contributed by atoms with Crippen LogP contribution in [0.5, 0.6) is 0 Å². The quantitative estimate of drug-likeness (QED) is 0.382. The lowest BCUT2D eigenvalue weighted by atomic mass is 10.1. The van der Waals surface area contributed by atoms with Gasteiger partial charge >= 0.3 is 0 Å². The fourth-order valence-corrected chi connectivity index (χ4v) is 1.22. The van der Waals surface area contributed by atoms with Crippen molar-refractivity contribution in [2.24, 2.45) is 0 Å². The van der Waals surface area contributed by atoms with Crippen LogP contribution in [0.2, 0.25) is 0 Å². The third-order valence-electron chi connectivity index (χ3n) is 2.01. The Labute approximate surface area is 78.8 Å². The Bertz CT molecular complexity index is 294. The second kappa shape index (κ2) is 5.28. The van der Waals surface area contributed by atoms with Crippen molar-refractivity contribution in [3.63, 3.8) is 0 Å². The highest BCUT2D eigenvalue weighted by atomic mass is 14.8. The molecule has 0 atom stereocenters. The van der Waals surface area contributed by atoms with Gasteiger partial charge < -0.3 is 5.53 Å². The van der Waals surface area contributed by atoms with E-state index in [9.17, 15) is 0 Å². The first-order valence-electron chi connectivity index (χ1n) is 4.63. The second-order valence-corrected chi connectivity index (χ2v) is 3.09. The van der Waals surface area contributed by atoms with Crippen molar-refractivity contribution in [2.45, 2.75) is 26.2 Å². The fourth-order valence-electron chi connectivity index (χ4n) is 1.22. The summed E-state index contributed by atoms with van der Waals surface area (Å²) in [6, 6.07) is 8.08. The lowest BCUT2D eigenvalue weighted by Crippen LogP contribution is -1.86. The van der Waals surface area contributed by atoms with E-state index in [0.29, 0.717) is 0 Å². The largest absolute Gasteiger partial charge is 0.361 e. The molecule has 1 aromatic carbocycles. The number of aryl methyl sites for hydroxylation is 1. The Morgan fingerprint density at radius 2 is 2.00 bits per heavy atom. The van der Waals surface area contributed by atoms with Crippen LogP contribution in [0.1, 0.15) is 30.9 Å². The molecule has 13 heavy (non-hydrogen) atoms. The molecule has 0 spiro atoms. The Kier molecular flexibility index (Phi) is 3.94. The third-order valence-corrected chi connectivity index (χ3v) is 2.01. The van der Waals surface area contributed by atoms with Gasteiger partial charge in [-0.15, -0.1) is 0 Å². The minimum Gasteiger partial charge on any atom is -0.361 e. The van der Waals surface area contributed by atoms with E-state index in [0.717, 1.165) is 12.0 Å². The lowest BCUT2D eigenvalue weighted by molar-refractivity contribution is 0.00456. The van der Waals surface area contributed by atoms with Gasteiger partial charge in [-0.25, -0.2) is 0 Å². The van der Waals surface area contributed by atoms with E-state index in [1.54, 1.807) is 0 Å². The van der Waals surface area contributed by atoms with E-state index < -0.39 is 0 Å². The van der Waals surface area contributed by atoms with Gasteiger partial charge in [0, 0.05) is 0 Å². The van der Waals surface area contributed by atoms with Crippen LogP contribution >= 0.6 is 0 Å². The van der Waals surface area contributed by atoms with Crippen molar-refractivity contribution >= 4 is 6.21 Å². The predicted molar refractivity (Wildman–Crippen MR) is 53.8 cm³/mol. The van der Waals surface area contributed by atoms with E-state index in [4.69, 9.17) is 5.53 Å². The molecule has 0 aliphatic rings. The summed E-state index contributed by atoms with van der Waals surface area (Å²) in [7, 11) is 0. The Balaban J connectivity index is 2.63. The summed E-state index contributed by atoms with van der Waals surface area (Å²) < 4.78 is 0. The van der Waals surface area contributed by atoms with E-state index in [-0.39, 0.29) is 0 Å². The number of unbranched alkanes of at least 4 members (excludes halogenated alkanes) is 1. The van der Waals surface area contributed by atoms with Crippen LogP contribution in [-0.4, -0.2) is 11.0 Å². The maximum Gasteiger partial charge on any atom is 0.287 e. The average Bonchev–Trinajstić information content (AvgIpc) is 2.17. The van der Waals surface area contributed by atoms with Crippen LogP contribution in [0.4, 0.5) is 0 Å². The van der Waals surface area contributed by atoms with Gasteiger partial charge in [-0.3, -0.25) is 0 Å². The standard InChI is InChI=1S/C11H14N2/c1-2-3-4-10-5-7-11(8-6-10)9-13-12/h5-9H,2-4H2,1H3. The highest BCUT2D eigenvalue weighted by Gasteiger charge is 1.94. The molecule has 0 aromatic heterocycles. The maximum atomic E-state index is 8.30. The zero-order valence-corrected chi connectivity index (χ0v) is 7.90. The van der Waals surface area contributed by atoms with Gasteiger partial charge in [-0.2, -0.15) is 4.79 Å². The topological polar surface area (TPSA) is 36.4 Å². The van der Waals surface area contributed by atoms with Crippen molar-refractivity contribution in [1.29, 1.82) is 0 Å². The average molecular weight is 174 g/mol. The molecule has 0 saturated carbocycles. The zero-order valence-electron chi connectivity index (χ0n) is 7.90. The van der Waals surface area contributed by atoms with Gasteiger partial charge in [0.2, 0.25) is 0 Å². The maximum absolute atomic E-state index is 8.30. The van der Waals surface area contributed by atoms with Crippen LogP contribution in [0, 0.1) is 0 Å². The van der Waals surface area contributed by atoms with E-state index >= 15 is 0 Å². The van der Waals surface area contributed by atoms with Gasteiger partial charge in [0.15, 0.2) is 0 Å². The van der Waals surface area contributed by atoms with Gasteiger partial charge in [0.05, 0.1) is 5.56 Å². The molecule has 1 aromatic rings. The predicted octanol–water partition coefficient (Wildman–Crippen LogP) is 2.68. The van der Waals surface area contributed by atoms with Gasteiger partial charge in [-0.1, -0.05) is 25.5 Å².